The number of hydrogen-bond donors (Lipinski definition) is 2. The van der Waals surface area contributed by atoms with Crippen molar-refractivity contribution in [3.63, 3.8) is 0 Å². The Labute approximate surface area is 138 Å². The highest BCUT2D eigenvalue weighted by atomic mass is 35.5. The molecule has 0 aromatic carbocycles. The van der Waals surface area contributed by atoms with E-state index in [-0.39, 0.29) is 35.9 Å². The standard InChI is InChI=1S/C14H25N3O3S.ClH/c18-13(16-9-12-1-8-21(19,20)10-12)17-7-4-14(11-17)2-5-15-6-3-14;/h12,15H,1-11H2,(H,16,18);1H. The molecule has 0 aromatic heterocycles. The van der Waals surface area contributed by atoms with Crippen molar-refractivity contribution in [2.24, 2.45) is 11.3 Å². The van der Waals surface area contributed by atoms with Gasteiger partial charge in [0.25, 0.3) is 0 Å². The number of hydrogen-bond acceptors (Lipinski definition) is 4. The van der Waals surface area contributed by atoms with Crippen LogP contribution in [0.15, 0.2) is 0 Å². The minimum absolute atomic E-state index is 0. The molecule has 3 saturated heterocycles. The molecular formula is C14H26ClN3O3S. The molecule has 3 aliphatic rings. The number of rotatable bonds is 2. The average molecular weight is 352 g/mol. The molecule has 2 amide bonds. The quantitative estimate of drug-likeness (QED) is 0.764. The van der Waals surface area contributed by atoms with Crippen molar-refractivity contribution in [3.05, 3.63) is 0 Å². The molecule has 3 rings (SSSR count). The van der Waals surface area contributed by atoms with E-state index in [1.807, 2.05) is 4.90 Å². The fourth-order valence-electron chi connectivity index (χ4n) is 3.85. The first kappa shape index (κ1) is 17.8. The van der Waals surface area contributed by atoms with Gasteiger partial charge in [0.2, 0.25) is 0 Å². The van der Waals surface area contributed by atoms with Crippen molar-refractivity contribution < 1.29 is 13.2 Å². The Balaban J connectivity index is 0.00000176. The van der Waals surface area contributed by atoms with Crippen LogP contribution in [0.1, 0.15) is 25.7 Å². The van der Waals surface area contributed by atoms with E-state index in [9.17, 15) is 13.2 Å². The van der Waals surface area contributed by atoms with Crippen molar-refractivity contribution in [1.29, 1.82) is 0 Å². The van der Waals surface area contributed by atoms with Gasteiger partial charge < -0.3 is 15.5 Å². The van der Waals surface area contributed by atoms with E-state index < -0.39 is 9.84 Å². The van der Waals surface area contributed by atoms with Crippen molar-refractivity contribution >= 4 is 28.3 Å². The molecule has 6 nitrogen and oxygen atoms in total. The Morgan fingerprint density at radius 2 is 2.00 bits per heavy atom. The summed E-state index contributed by atoms with van der Waals surface area (Å²) in [5, 5.41) is 6.31. The Hall–Kier alpha value is -0.530. The Morgan fingerprint density at radius 1 is 1.27 bits per heavy atom. The van der Waals surface area contributed by atoms with Crippen LogP contribution in [-0.2, 0) is 9.84 Å². The number of halogens is 1. The number of nitrogens with one attached hydrogen (secondary N) is 2. The molecule has 1 unspecified atom stereocenters. The van der Waals surface area contributed by atoms with Gasteiger partial charge in [-0.25, -0.2) is 13.2 Å². The summed E-state index contributed by atoms with van der Waals surface area (Å²) in [6.07, 6.45) is 4.08. The number of urea groups is 1. The number of likely N-dealkylation sites (tertiary alicyclic amines) is 1. The second-order valence-corrected chi connectivity index (χ2v) is 9.11. The lowest BCUT2D eigenvalue weighted by atomic mass is 9.78. The van der Waals surface area contributed by atoms with E-state index in [1.165, 1.54) is 0 Å². The maximum absolute atomic E-state index is 12.2. The zero-order valence-corrected chi connectivity index (χ0v) is 14.5. The molecule has 3 fully saturated rings. The molecule has 3 heterocycles. The third kappa shape index (κ3) is 4.06. The third-order valence-electron chi connectivity index (χ3n) is 5.26. The molecule has 8 heteroatoms. The summed E-state index contributed by atoms with van der Waals surface area (Å²) in [6.45, 7) is 4.27. The van der Waals surface area contributed by atoms with Gasteiger partial charge in [-0.1, -0.05) is 0 Å². The maximum Gasteiger partial charge on any atom is 0.317 e. The molecule has 128 valence electrons. The predicted octanol–water partition coefficient (Wildman–Crippen LogP) is 0.628. The summed E-state index contributed by atoms with van der Waals surface area (Å²) in [7, 11) is -2.86. The van der Waals surface area contributed by atoms with Crippen LogP contribution in [-0.4, -0.2) is 63.6 Å². The Kier molecular flexibility index (Phi) is 5.61. The monoisotopic (exact) mass is 351 g/mol. The molecule has 0 bridgehead atoms. The number of sulfone groups is 1. The van der Waals surface area contributed by atoms with Gasteiger partial charge in [0.1, 0.15) is 0 Å². The van der Waals surface area contributed by atoms with Crippen LogP contribution < -0.4 is 10.6 Å². The highest BCUT2D eigenvalue weighted by Gasteiger charge is 2.40. The van der Waals surface area contributed by atoms with E-state index in [0.29, 0.717) is 18.4 Å². The molecule has 0 radical (unpaired) electrons. The summed E-state index contributed by atoms with van der Waals surface area (Å²) in [4.78, 5) is 14.2. The summed E-state index contributed by atoms with van der Waals surface area (Å²) >= 11 is 0. The smallest absolute Gasteiger partial charge is 0.317 e. The number of carbonyl (C=O) groups excluding carboxylic acids is 1. The Bertz CT molecular complexity index is 505. The van der Waals surface area contributed by atoms with Gasteiger partial charge in [-0.15, -0.1) is 12.4 Å². The molecule has 1 spiro atoms. The van der Waals surface area contributed by atoms with Gasteiger partial charge in [-0.2, -0.15) is 0 Å². The van der Waals surface area contributed by atoms with E-state index >= 15 is 0 Å². The highest BCUT2D eigenvalue weighted by molar-refractivity contribution is 7.91. The van der Waals surface area contributed by atoms with Crippen LogP contribution in [0.25, 0.3) is 0 Å². The normalized spacial score (nSPS) is 29.3. The first-order chi connectivity index (χ1) is 9.98. The summed E-state index contributed by atoms with van der Waals surface area (Å²) in [5.41, 5.74) is 0.319. The lowest BCUT2D eigenvalue weighted by Crippen LogP contribution is -2.43. The molecule has 0 saturated carbocycles. The first-order valence-electron chi connectivity index (χ1n) is 7.92. The van der Waals surface area contributed by atoms with Crippen LogP contribution in [0.2, 0.25) is 0 Å². The summed E-state index contributed by atoms with van der Waals surface area (Å²) < 4.78 is 22.8. The predicted molar refractivity (Wildman–Crippen MR) is 88.1 cm³/mol. The van der Waals surface area contributed by atoms with Gasteiger partial charge in [0.15, 0.2) is 9.84 Å². The number of carbonyl (C=O) groups is 1. The van der Waals surface area contributed by atoms with Crippen molar-refractivity contribution in [3.8, 4) is 0 Å². The minimum Gasteiger partial charge on any atom is -0.338 e. The van der Waals surface area contributed by atoms with Crippen molar-refractivity contribution in [2.75, 3.05) is 44.2 Å². The molecule has 0 aliphatic carbocycles. The molecular weight excluding hydrogens is 326 g/mol. The van der Waals surface area contributed by atoms with E-state index in [0.717, 1.165) is 45.4 Å². The number of amides is 2. The van der Waals surface area contributed by atoms with Crippen LogP contribution in [0, 0.1) is 11.3 Å². The zero-order chi connectivity index (χ0) is 14.9. The van der Waals surface area contributed by atoms with E-state index in [1.54, 1.807) is 0 Å². The van der Waals surface area contributed by atoms with E-state index in [4.69, 9.17) is 0 Å². The largest absolute Gasteiger partial charge is 0.338 e. The Morgan fingerprint density at radius 3 is 2.64 bits per heavy atom. The minimum atomic E-state index is -2.86. The molecule has 1 atom stereocenters. The summed E-state index contributed by atoms with van der Waals surface area (Å²) in [6, 6.07) is -0.0188. The SMILES string of the molecule is Cl.O=C(NCC1CCS(=O)(=O)C1)N1CCC2(CCNCC2)C1. The van der Waals surface area contributed by atoms with Crippen LogP contribution in [0.5, 0.6) is 0 Å². The molecule has 22 heavy (non-hydrogen) atoms. The van der Waals surface area contributed by atoms with E-state index in [2.05, 4.69) is 10.6 Å². The number of nitrogens with zero attached hydrogens (tertiary/aromatic N) is 1. The van der Waals surface area contributed by atoms with Crippen molar-refractivity contribution in [2.45, 2.75) is 25.7 Å². The highest BCUT2D eigenvalue weighted by Crippen LogP contribution is 2.38. The van der Waals surface area contributed by atoms with Gasteiger partial charge in [-0.3, -0.25) is 0 Å². The average Bonchev–Trinajstić information content (AvgIpc) is 3.01. The topological polar surface area (TPSA) is 78.5 Å². The fourth-order valence-corrected chi connectivity index (χ4v) is 5.71. The lowest BCUT2D eigenvalue weighted by Gasteiger charge is -2.33. The van der Waals surface area contributed by atoms with Gasteiger partial charge in [0.05, 0.1) is 11.5 Å². The molecule has 3 aliphatic heterocycles. The lowest BCUT2D eigenvalue weighted by molar-refractivity contribution is 0.182. The molecule has 0 aromatic rings. The van der Waals surface area contributed by atoms with Crippen LogP contribution >= 0.6 is 12.4 Å². The molecule has 2 N–H and O–H groups in total. The fraction of sp³-hybridized carbons (Fsp3) is 0.929. The number of piperidine rings is 1. The van der Waals surface area contributed by atoms with Gasteiger partial charge in [-0.05, 0) is 50.1 Å². The zero-order valence-electron chi connectivity index (χ0n) is 12.8. The third-order valence-corrected chi connectivity index (χ3v) is 7.10. The van der Waals surface area contributed by atoms with Crippen molar-refractivity contribution in [1.82, 2.24) is 15.5 Å². The van der Waals surface area contributed by atoms with Gasteiger partial charge in [0, 0.05) is 19.6 Å². The van der Waals surface area contributed by atoms with Crippen LogP contribution in [0.4, 0.5) is 4.79 Å². The second kappa shape index (κ2) is 6.93. The first-order valence-corrected chi connectivity index (χ1v) is 9.74. The van der Waals surface area contributed by atoms with Crippen LogP contribution in [0.3, 0.4) is 0 Å². The second-order valence-electron chi connectivity index (χ2n) is 6.88. The summed E-state index contributed by atoms with van der Waals surface area (Å²) in [5.74, 6) is 0.588. The maximum atomic E-state index is 12.2. The van der Waals surface area contributed by atoms with Gasteiger partial charge >= 0.3 is 6.03 Å².